The molecule has 7 nitrogen and oxygen atoms in total. The number of pyridine rings is 1. The van der Waals surface area contributed by atoms with Gasteiger partial charge in [-0.3, -0.25) is 9.62 Å². The highest BCUT2D eigenvalue weighted by Gasteiger charge is 2.27. The zero-order valence-electron chi connectivity index (χ0n) is 15.6. The highest BCUT2D eigenvalue weighted by Crippen LogP contribution is 2.41. The van der Waals surface area contributed by atoms with Crippen LogP contribution in [0, 0.1) is 5.92 Å². The molecule has 0 amide bonds. The molecule has 150 valence electrons. The Bertz CT molecular complexity index is 1010. The first-order chi connectivity index (χ1) is 13.4. The van der Waals surface area contributed by atoms with Crippen molar-refractivity contribution in [1.82, 2.24) is 9.88 Å². The number of fused-ring (bicyclic) bond motifs is 1. The number of aromatic nitrogens is 1. The number of thiophene rings is 1. The average molecular weight is 422 g/mol. The lowest BCUT2D eigenvalue weighted by molar-refractivity contribution is 0.246. The van der Waals surface area contributed by atoms with Gasteiger partial charge in [-0.25, -0.2) is 13.4 Å². The SMILES string of the molecule is C=CS(=O)(=O)Nc1nc(-c2cc3c(s2)CCN(CC2CC2)C3)cc(OC)c1O. The Morgan fingerprint density at radius 3 is 2.93 bits per heavy atom. The normalized spacial score (nSPS) is 17.2. The summed E-state index contributed by atoms with van der Waals surface area (Å²) in [5.74, 6) is 0.501. The summed E-state index contributed by atoms with van der Waals surface area (Å²) < 4.78 is 31.1. The van der Waals surface area contributed by atoms with E-state index in [0.29, 0.717) is 5.69 Å². The Kier molecular flexibility index (Phi) is 5.07. The first-order valence-electron chi connectivity index (χ1n) is 9.16. The van der Waals surface area contributed by atoms with Gasteiger partial charge in [-0.05, 0) is 36.8 Å². The van der Waals surface area contributed by atoms with E-state index in [1.165, 1.54) is 36.9 Å². The Morgan fingerprint density at radius 2 is 2.25 bits per heavy atom. The molecule has 1 aliphatic heterocycles. The average Bonchev–Trinajstić information content (AvgIpc) is 3.38. The second kappa shape index (κ2) is 7.38. The summed E-state index contributed by atoms with van der Waals surface area (Å²) in [7, 11) is -2.39. The number of methoxy groups -OCH3 is 1. The molecule has 2 aromatic rings. The van der Waals surface area contributed by atoms with Crippen molar-refractivity contribution < 1.29 is 18.3 Å². The molecule has 0 spiro atoms. The second-order valence-electron chi connectivity index (χ2n) is 7.21. The van der Waals surface area contributed by atoms with Gasteiger partial charge in [0.25, 0.3) is 10.0 Å². The molecular weight excluding hydrogens is 398 g/mol. The topological polar surface area (TPSA) is 91.8 Å². The van der Waals surface area contributed by atoms with E-state index in [1.54, 1.807) is 17.4 Å². The number of nitrogens with zero attached hydrogens (tertiary/aromatic N) is 2. The standard InChI is InChI=1S/C19H23N3O4S2/c1-3-28(24,25)21-19-18(23)15(26-2)9-14(20-19)17-8-13-11-22(10-12-4-5-12)7-6-16(13)27-17/h3,8-9,12,23H,1,4-7,10-11H2,2H3,(H,20,21). The first-order valence-corrected chi connectivity index (χ1v) is 11.5. The highest BCUT2D eigenvalue weighted by molar-refractivity contribution is 7.95. The molecule has 3 heterocycles. The van der Waals surface area contributed by atoms with Crippen LogP contribution in [0.25, 0.3) is 10.6 Å². The van der Waals surface area contributed by atoms with Crippen LogP contribution in [-0.4, -0.2) is 43.6 Å². The molecule has 1 fully saturated rings. The lowest BCUT2D eigenvalue weighted by Gasteiger charge is -2.26. The van der Waals surface area contributed by atoms with Crippen molar-refractivity contribution in [3.05, 3.63) is 34.6 Å². The van der Waals surface area contributed by atoms with Crippen LogP contribution < -0.4 is 9.46 Å². The molecule has 0 unspecified atom stereocenters. The zero-order valence-corrected chi connectivity index (χ0v) is 17.3. The number of aromatic hydroxyl groups is 1. The first kappa shape index (κ1) is 19.2. The Balaban J connectivity index is 1.65. The van der Waals surface area contributed by atoms with E-state index in [1.807, 2.05) is 0 Å². The van der Waals surface area contributed by atoms with Crippen LogP contribution in [0.5, 0.6) is 11.5 Å². The predicted molar refractivity (Wildman–Crippen MR) is 110 cm³/mol. The fraction of sp³-hybridized carbons (Fsp3) is 0.421. The number of hydrogen-bond acceptors (Lipinski definition) is 7. The fourth-order valence-electron chi connectivity index (χ4n) is 3.38. The third-order valence-electron chi connectivity index (χ3n) is 5.05. The van der Waals surface area contributed by atoms with Crippen LogP contribution in [-0.2, 0) is 23.0 Å². The Hall–Kier alpha value is -2.10. The lowest BCUT2D eigenvalue weighted by atomic mass is 10.1. The van der Waals surface area contributed by atoms with Gasteiger partial charge in [-0.15, -0.1) is 11.3 Å². The van der Waals surface area contributed by atoms with Crippen LogP contribution in [0.2, 0.25) is 0 Å². The minimum Gasteiger partial charge on any atom is -0.502 e. The molecule has 0 saturated heterocycles. The van der Waals surface area contributed by atoms with Crippen LogP contribution >= 0.6 is 11.3 Å². The van der Waals surface area contributed by atoms with E-state index in [-0.39, 0.29) is 17.3 Å². The number of sulfonamides is 1. The van der Waals surface area contributed by atoms with E-state index < -0.39 is 10.0 Å². The largest absolute Gasteiger partial charge is 0.502 e. The molecule has 1 saturated carbocycles. The number of anilines is 1. The molecule has 4 rings (SSSR count). The van der Waals surface area contributed by atoms with E-state index in [2.05, 4.69) is 27.3 Å². The van der Waals surface area contributed by atoms with Crippen LogP contribution in [0.1, 0.15) is 23.3 Å². The van der Waals surface area contributed by atoms with Gasteiger partial charge in [0.15, 0.2) is 11.6 Å². The quantitative estimate of drug-likeness (QED) is 0.713. The number of ether oxygens (including phenoxy) is 1. The van der Waals surface area contributed by atoms with Crippen LogP contribution in [0.15, 0.2) is 24.1 Å². The van der Waals surface area contributed by atoms with Crippen molar-refractivity contribution in [2.45, 2.75) is 25.8 Å². The second-order valence-corrected chi connectivity index (χ2v) is 9.97. The van der Waals surface area contributed by atoms with Crippen molar-refractivity contribution in [3.8, 4) is 22.1 Å². The van der Waals surface area contributed by atoms with Crippen molar-refractivity contribution in [2.24, 2.45) is 5.92 Å². The lowest BCUT2D eigenvalue weighted by Crippen LogP contribution is -2.31. The molecule has 0 bridgehead atoms. The molecule has 2 N–H and O–H groups in total. The molecule has 0 radical (unpaired) electrons. The van der Waals surface area contributed by atoms with Gasteiger partial charge in [0, 0.05) is 36.0 Å². The van der Waals surface area contributed by atoms with Gasteiger partial charge in [-0.1, -0.05) is 6.58 Å². The van der Waals surface area contributed by atoms with Crippen molar-refractivity contribution in [1.29, 1.82) is 0 Å². The summed E-state index contributed by atoms with van der Waals surface area (Å²) in [6, 6.07) is 3.74. The summed E-state index contributed by atoms with van der Waals surface area (Å²) in [5, 5.41) is 11.0. The van der Waals surface area contributed by atoms with E-state index in [4.69, 9.17) is 4.74 Å². The fourth-order valence-corrected chi connectivity index (χ4v) is 5.00. The summed E-state index contributed by atoms with van der Waals surface area (Å²) in [6.45, 7) is 6.44. The van der Waals surface area contributed by atoms with E-state index >= 15 is 0 Å². The minimum atomic E-state index is -3.80. The van der Waals surface area contributed by atoms with Gasteiger partial charge < -0.3 is 9.84 Å². The summed E-state index contributed by atoms with van der Waals surface area (Å²) in [6.07, 6.45) is 3.70. The number of rotatable bonds is 7. The number of hydrogen-bond donors (Lipinski definition) is 2. The maximum Gasteiger partial charge on any atom is 0.255 e. The van der Waals surface area contributed by atoms with Crippen molar-refractivity contribution in [2.75, 3.05) is 24.9 Å². The maximum atomic E-state index is 11.8. The Morgan fingerprint density at radius 1 is 1.46 bits per heavy atom. The van der Waals surface area contributed by atoms with Gasteiger partial charge in [0.1, 0.15) is 0 Å². The molecule has 2 aliphatic rings. The van der Waals surface area contributed by atoms with Gasteiger partial charge in [-0.2, -0.15) is 0 Å². The third kappa shape index (κ3) is 4.01. The summed E-state index contributed by atoms with van der Waals surface area (Å²) in [5.41, 5.74) is 1.86. The smallest absolute Gasteiger partial charge is 0.255 e. The van der Waals surface area contributed by atoms with Crippen molar-refractivity contribution >= 4 is 27.2 Å². The molecular formula is C19H23N3O4S2. The van der Waals surface area contributed by atoms with Crippen LogP contribution in [0.3, 0.4) is 0 Å². The molecule has 9 heteroatoms. The monoisotopic (exact) mass is 421 g/mol. The zero-order chi connectivity index (χ0) is 19.9. The Labute approximate surface area is 168 Å². The van der Waals surface area contributed by atoms with Crippen LogP contribution in [0.4, 0.5) is 5.82 Å². The maximum absolute atomic E-state index is 11.8. The van der Waals surface area contributed by atoms with Gasteiger partial charge >= 0.3 is 0 Å². The third-order valence-corrected chi connectivity index (χ3v) is 7.22. The molecule has 0 aromatic carbocycles. The van der Waals surface area contributed by atoms with E-state index in [9.17, 15) is 13.5 Å². The minimum absolute atomic E-state index is 0.161. The number of nitrogens with one attached hydrogen (secondary N) is 1. The predicted octanol–water partition coefficient (Wildman–Crippen LogP) is 3.18. The molecule has 1 aliphatic carbocycles. The highest BCUT2D eigenvalue weighted by atomic mass is 32.2. The molecule has 2 aromatic heterocycles. The van der Waals surface area contributed by atoms with Gasteiger partial charge in [0.05, 0.1) is 17.7 Å². The molecule has 28 heavy (non-hydrogen) atoms. The van der Waals surface area contributed by atoms with Crippen molar-refractivity contribution in [3.63, 3.8) is 0 Å². The van der Waals surface area contributed by atoms with E-state index in [0.717, 1.165) is 35.7 Å². The summed E-state index contributed by atoms with van der Waals surface area (Å²) >= 11 is 1.66. The summed E-state index contributed by atoms with van der Waals surface area (Å²) in [4.78, 5) is 9.10. The molecule has 0 atom stereocenters. The van der Waals surface area contributed by atoms with Gasteiger partial charge in [0.2, 0.25) is 5.75 Å².